The second kappa shape index (κ2) is 6.93. The zero-order chi connectivity index (χ0) is 21.8. The zero-order valence-electron chi connectivity index (χ0n) is 16.5. The third-order valence-electron chi connectivity index (χ3n) is 6.25. The van der Waals surface area contributed by atoms with E-state index in [1.807, 2.05) is 0 Å². The summed E-state index contributed by atoms with van der Waals surface area (Å²) < 4.78 is 42.2. The summed E-state index contributed by atoms with van der Waals surface area (Å²) in [7, 11) is 0. The minimum absolute atomic E-state index is 0.00914. The number of rotatable bonds is 5. The van der Waals surface area contributed by atoms with Crippen molar-refractivity contribution in [1.82, 2.24) is 20.1 Å². The van der Waals surface area contributed by atoms with Crippen LogP contribution in [0.25, 0.3) is 5.82 Å². The molecule has 0 aromatic carbocycles. The van der Waals surface area contributed by atoms with E-state index >= 15 is 0 Å². The van der Waals surface area contributed by atoms with Gasteiger partial charge in [-0.05, 0) is 39.0 Å². The second-order valence-corrected chi connectivity index (χ2v) is 8.47. The number of aliphatic hydroxyl groups excluding tert-OH is 1. The fourth-order valence-corrected chi connectivity index (χ4v) is 4.03. The van der Waals surface area contributed by atoms with Crippen LogP contribution in [0, 0.1) is 16.5 Å². The lowest BCUT2D eigenvalue weighted by molar-refractivity contribution is -0.605. The summed E-state index contributed by atoms with van der Waals surface area (Å²) in [6.07, 6.45) is 1.51. The molecule has 1 fully saturated rings. The molecule has 162 valence electrons. The molecule has 1 saturated carbocycles. The van der Waals surface area contributed by atoms with Gasteiger partial charge in [0.2, 0.25) is 12.0 Å². The fraction of sp³-hybridized carbons (Fsp3) is 0.579. The van der Waals surface area contributed by atoms with Crippen molar-refractivity contribution in [2.45, 2.75) is 51.2 Å². The normalized spacial score (nSPS) is 21.5. The molecule has 1 amide bonds. The van der Waals surface area contributed by atoms with Crippen LogP contribution in [-0.2, 0) is 6.42 Å². The maximum Gasteiger partial charge on any atom is 0.396 e. The van der Waals surface area contributed by atoms with Gasteiger partial charge in [0.25, 0.3) is 5.91 Å². The Hall–Kier alpha value is -2.69. The summed E-state index contributed by atoms with van der Waals surface area (Å²) in [6, 6.07) is -1.54. The van der Waals surface area contributed by atoms with Crippen LogP contribution in [0.2, 0.25) is 0 Å². The molecule has 0 spiro atoms. The van der Waals surface area contributed by atoms with Crippen LogP contribution >= 0.6 is 0 Å². The van der Waals surface area contributed by atoms with Crippen molar-refractivity contribution in [3.63, 3.8) is 0 Å². The Bertz CT molecular complexity index is 988. The van der Waals surface area contributed by atoms with E-state index in [9.17, 15) is 28.3 Å². The van der Waals surface area contributed by atoms with Gasteiger partial charge >= 0.3 is 6.18 Å². The van der Waals surface area contributed by atoms with Gasteiger partial charge in [-0.2, -0.15) is 23.0 Å². The van der Waals surface area contributed by atoms with E-state index in [1.165, 1.54) is 23.3 Å². The van der Waals surface area contributed by atoms with Crippen molar-refractivity contribution >= 4 is 5.91 Å². The number of aromatic nitrogens is 4. The third-order valence-corrected chi connectivity index (χ3v) is 6.25. The highest BCUT2D eigenvalue weighted by atomic mass is 19.4. The van der Waals surface area contributed by atoms with E-state index in [0.717, 1.165) is 32.4 Å². The topological polar surface area (TPSA) is 107 Å². The van der Waals surface area contributed by atoms with Crippen LogP contribution in [0.1, 0.15) is 54.4 Å². The Morgan fingerprint density at radius 1 is 1.47 bits per heavy atom. The number of hydrogen-bond donors (Lipinski definition) is 2. The fourth-order valence-electron chi connectivity index (χ4n) is 4.03. The average molecular weight is 425 g/mol. The first-order valence-corrected chi connectivity index (χ1v) is 9.70. The number of carbonyl (C=O) groups excluding carboxylic acids is 1. The number of carbonyl (C=O) groups is 1. The number of fused-ring (bicyclic) bond motifs is 3. The van der Waals surface area contributed by atoms with Crippen molar-refractivity contribution in [1.29, 1.82) is 0 Å². The lowest BCUT2D eigenvalue weighted by Crippen LogP contribution is -2.54. The molecule has 4 rings (SSSR count). The number of hydrogen-bond acceptors (Lipinski definition) is 5. The molecule has 2 aliphatic carbocycles. The van der Waals surface area contributed by atoms with Crippen LogP contribution in [0.15, 0.2) is 18.6 Å². The number of alkyl halides is 3. The van der Waals surface area contributed by atoms with Crippen LogP contribution < -0.4 is 10.0 Å². The van der Waals surface area contributed by atoms with Gasteiger partial charge in [-0.25, -0.2) is 9.67 Å². The summed E-state index contributed by atoms with van der Waals surface area (Å²) in [5.74, 6) is 0.113. The smallest absolute Gasteiger partial charge is 0.396 e. The number of nitrogens with one attached hydrogen (secondary N) is 1. The zero-order valence-corrected chi connectivity index (χ0v) is 16.5. The van der Waals surface area contributed by atoms with Crippen LogP contribution in [0.3, 0.4) is 0 Å². The third kappa shape index (κ3) is 3.30. The van der Waals surface area contributed by atoms with E-state index in [-0.39, 0.29) is 17.4 Å². The van der Waals surface area contributed by atoms with Gasteiger partial charge in [-0.3, -0.25) is 4.79 Å². The maximum absolute atomic E-state index is 13.4. The van der Waals surface area contributed by atoms with E-state index < -0.39 is 30.1 Å². The van der Waals surface area contributed by atoms with Crippen molar-refractivity contribution in [2.24, 2.45) is 11.3 Å². The molecule has 3 atom stereocenters. The molecule has 30 heavy (non-hydrogen) atoms. The first-order chi connectivity index (χ1) is 14.0. The molecule has 2 aliphatic rings. The molecular formula is C19H22F3N5O3. The molecule has 2 heterocycles. The standard InChI is InChI=1S/C19H22F3N5O3/c1-18(2,19(20,21)22)13(9-28)24-17(29)15-11-4-3-10-7-12(10)16(11)27(25-15)14-8-26(30)6-5-23-14/h5-6,8,10,12-13,28H,3-4,7,9H2,1-2H3,(H,24,29)/t10-,12+,13-/m1/s1. The quantitative estimate of drug-likeness (QED) is 0.559. The minimum atomic E-state index is -4.62. The monoisotopic (exact) mass is 425 g/mol. The van der Waals surface area contributed by atoms with Gasteiger partial charge in [0.1, 0.15) is 0 Å². The van der Waals surface area contributed by atoms with Gasteiger partial charge in [0.05, 0.1) is 30.0 Å². The molecular weight excluding hydrogens is 403 g/mol. The molecule has 0 aliphatic heterocycles. The largest absolute Gasteiger partial charge is 0.619 e. The van der Waals surface area contributed by atoms with E-state index in [4.69, 9.17) is 0 Å². The van der Waals surface area contributed by atoms with Crippen LogP contribution in [-0.4, -0.2) is 44.6 Å². The van der Waals surface area contributed by atoms with Crippen LogP contribution in [0.4, 0.5) is 13.2 Å². The molecule has 2 aromatic heterocycles. The lowest BCUT2D eigenvalue weighted by atomic mass is 9.83. The highest BCUT2D eigenvalue weighted by Gasteiger charge is 2.53. The van der Waals surface area contributed by atoms with E-state index in [1.54, 1.807) is 0 Å². The van der Waals surface area contributed by atoms with Crippen molar-refractivity contribution in [3.8, 4) is 5.82 Å². The molecule has 0 saturated heterocycles. The molecule has 11 heteroatoms. The van der Waals surface area contributed by atoms with E-state index in [2.05, 4.69) is 15.4 Å². The second-order valence-electron chi connectivity index (χ2n) is 8.47. The Morgan fingerprint density at radius 3 is 2.83 bits per heavy atom. The first-order valence-electron chi connectivity index (χ1n) is 9.70. The molecule has 8 nitrogen and oxygen atoms in total. The molecule has 2 N–H and O–H groups in total. The predicted molar refractivity (Wildman–Crippen MR) is 97.7 cm³/mol. The van der Waals surface area contributed by atoms with E-state index in [0.29, 0.717) is 22.6 Å². The van der Waals surface area contributed by atoms with Gasteiger partial charge in [-0.15, -0.1) is 0 Å². The predicted octanol–water partition coefficient (Wildman–Crippen LogP) is 1.63. The summed E-state index contributed by atoms with van der Waals surface area (Å²) in [5, 5.41) is 27.9. The number of aliphatic hydroxyl groups is 1. The van der Waals surface area contributed by atoms with Crippen molar-refractivity contribution in [3.05, 3.63) is 40.7 Å². The molecule has 0 radical (unpaired) electrons. The number of halogens is 3. The first kappa shape index (κ1) is 20.6. The van der Waals surface area contributed by atoms with Crippen molar-refractivity contribution < 1.29 is 27.8 Å². The number of nitrogens with zero attached hydrogens (tertiary/aromatic N) is 4. The maximum atomic E-state index is 13.4. The van der Waals surface area contributed by atoms with Gasteiger partial charge < -0.3 is 15.6 Å². The van der Waals surface area contributed by atoms with Gasteiger partial charge in [-0.1, -0.05) is 0 Å². The highest BCUT2D eigenvalue weighted by molar-refractivity contribution is 5.94. The van der Waals surface area contributed by atoms with Gasteiger partial charge in [0.15, 0.2) is 11.9 Å². The highest BCUT2D eigenvalue weighted by Crippen LogP contribution is 2.55. The Balaban J connectivity index is 1.71. The number of amides is 1. The minimum Gasteiger partial charge on any atom is -0.619 e. The summed E-state index contributed by atoms with van der Waals surface area (Å²) >= 11 is 0. The molecule has 0 bridgehead atoms. The van der Waals surface area contributed by atoms with Crippen LogP contribution in [0.5, 0.6) is 0 Å². The molecule has 2 aromatic rings. The van der Waals surface area contributed by atoms with Gasteiger partial charge in [0, 0.05) is 11.5 Å². The SMILES string of the molecule is CC(C)([C@@H](CO)NC(=O)c1nn(-c2c[n+]([O-])ccn2)c2c1CC[C@@H]1C[C@H]21)C(F)(F)F. The Labute approximate surface area is 170 Å². The Morgan fingerprint density at radius 2 is 2.20 bits per heavy atom. The average Bonchev–Trinajstić information content (AvgIpc) is 3.36. The van der Waals surface area contributed by atoms with Crippen molar-refractivity contribution in [2.75, 3.05) is 6.61 Å². The Kier molecular flexibility index (Phi) is 4.75. The lowest BCUT2D eigenvalue weighted by Gasteiger charge is -2.35. The summed E-state index contributed by atoms with van der Waals surface area (Å²) in [5.41, 5.74) is -0.882. The molecule has 0 unspecified atom stereocenters. The summed E-state index contributed by atoms with van der Waals surface area (Å²) in [4.78, 5) is 17.1. The summed E-state index contributed by atoms with van der Waals surface area (Å²) in [6.45, 7) is 0.984.